The molecule has 0 spiro atoms. The van der Waals surface area contributed by atoms with E-state index in [0.717, 1.165) is 18.0 Å². The lowest BCUT2D eigenvalue weighted by atomic mass is 10.0. The Balaban J connectivity index is 1.50. The summed E-state index contributed by atoms with van der Waals surface area (Å²) in [6.07, 6.45) is -0.523. The van der Waals surface area contributed by atoms with E-state index >= 15 is 0 Å². The number of hydrogen-bond donors (Lipinski definition) is 2. The number of ether oxygens (including phenoxy) is 1. The van der Waals surface area contributed by atoms with E-state index in [9.17, 15) is 14.0 Å². The van der Waals surface area contributed by atoms with Gasteiger partial charge in [-0.1, -0.05) is 53.0 Å². The first kappa shape index (κ1) is 27.6. The molecule has 0 saturated heterocycles. The van der Waals surface area contributed by atoms with Crippen LogP contribution in [0.1, 0.15) is 32.9 Å². The Hall–Kier alpha value is -3.99. The number of benzene rings is 2. The predicted molar refractivity (Wildman–Crippen MR) is 150 cm³/mol. The molecular weight excluding hydrogens is 582 g/mol. The quantitative estimate of drug-likeness (QED) is 0.310. The number of carbonyl (C=O) groups is 2. The number of para-hydroxylation sites is 1. The summed E-state index contributed by atoms with van der Waals surface area (Å²) in [4.78, 5) is 35.1. The number of nitrogens with one attached hydrogen (secondary N) is 2. The number of anilines is 1. The zero-order chi connectivity index (χ0) is 28.6. The standard InChI is InChI=1S/C27H20Cl3FN6O3/c1-13-7-16(37(2)36-13)12-40-27-18(10-15(31)11-32-27)25(38)35-24-26(39)33-21-6-4-3-5-17(21)23(34-24)22-19(29)8-14(28)9-20(22)30/h3-11,24H,12H2,1-2H3,(H,33,39)(H,35,38). The van der Waals surface area contributed by atoms with Gasteiger partial charge in [-0.05, 0) is 37.3 Å². The van der Waals surface area contributed by atoms with Crippen molar-refractivity contribution in [1.82, 2.24) is 20.1 Å². The van der Waals surface area contributed by atoms with Crippen LogP contribution in [0, 0.1) is 12.7 Å². The van der Waals surface area contributed by atoms with Crippen molar-refractivity contribution in [2.75, 3.05) is 5.32 Å². The smallest absolute Gasteiger partial charge is 0.269 e. The van der Waals surface area contributed by atoms with Gasteiger partial charge in [-0.15, -0.1) is 0 Å². The lowest BCUT2D eigenvalue weighted by Crippen LogP contribution is -2.42. The highest BCUT2D eigenvalue weighted by Gasteiger charge is 2.30. The molecule has 1 unspecified atom stereocenters. The summed E-state index contributed by atoms with van der Waals surface area (Å²) in [6, 6.07) is 12.6. The Morgan fingerprint density at radius 1 is 1.15 bits per heavy atom. The summed E-state index contributed by atoms with van der Waals surface area (Å²) >= 11 is 19.1. The average molecular weight is 602 g/mol. The maximum absolute atomic E-state index is 14.2. The molecule has 0 bridgehead atoms. The van der Waals surface area contributed by atoms with Crippen molar-refractivity contribution in [3.8, 4) is 5.88 Å². The second kappa shape index (κ2) is 11.2. The number of rotatable bonds is 6. The highest BCUT2D eigenvalue weighted by molar-refractivity contribution is 6.44. The highest BCUT2D eigenvalue weighted by Crippen LogP contribution is 2.34. The van der Waals surface area contributed by atoms with E-state index in [1.54, 1.807) is 42.1 Å². The number of hydrogen-bond acceptors (Lipinski definition) is 6. The molecule has 5 rings (SSSR count). The lowest BCUT2D eigenvalue weighted by Gasteiger charge is -2.16. The normalized spacial score (nSPS) is 14.6. The van der Waals surface area contributed by atoms with E-state index in [2.05, 4.69) is 25.7 Å². The van der Waals surface area contributed by atoms with Crippen LogP contribution < -0.4 is 15.4 Å². The summed E-state index contributed by atoms with van der Waals surface area (Å²) in [5, 5.41) is 10.2. The first-order chi connectivity index (χ1) is 19.1. The Bertz CT molecular complexity index is 1670. The summed E-state index contributed by atoms with van der Waals surface area (Å²) < 4.78 is 21.5. The van der Waals surface area contributed by atoms with Gasteiger partial charge in [-0.25, -0.2) is 14.4 Å². The second-order valence-corrected chi connectivity index (χ2v) is 10.1. The molecule has 0 fully saturated rings. The third kappa shape index (κ3) is 5.65. The number of fused-ring (bicyclic) bond motifs is 1. The maximum Gasteiger partial charge on any atom is 0.269 e. The third-order valence-electron chi connectivity index (χ3n) is 5.98. The van der Waals surface area contributed by atoms with Crippen LogP contribution in [-0.2, 0) is 18.4 Å². The van der Waals surface area contributed by atoms with E-state index < -0.39 is 23.8 Å². The van der Waals surface area contributed by atoms with Gasteiger partial charge in [0, 0.05) is 23.2 Å². The predicted octanol–water partition coefficient (Wildman–Crippen LogP) is 5.35. The molecule has 9 nitrogen and oxygen atoms in total. The fourth-order valence-electron chi connectivity index (χ4n) is 4.17. The van der Waals surface area contributed by atoms with Crippen LogP contribution in [0.25, 0.3) is 0 Å². The largest absolute Gasteiger partial charge is 0.471 e. The summed E-state index contributed by atoms with van der Waals surface area (Å²) in [7, 11) is 1.74. The molecule has 204 valence electrons. The van der Waals surface area contributed by atoms with Crippen molar-refractivity contribution in [2.45, 2.75) is 19.7 Å². The number of carbonyl (C=O) groups excluding carboxylic acids is 2. The minimum atomic E-state index is -1.45. The Morgan fingerprint density at radius 3 is 2.58 bits per heavy atom. The average Bonchev–Trinajstić information content (AvgIpc) is 3.15. The van der Waals surface area contributed by atoms with Crippen LogP contribution in [0.3, 0.4) is 0 Å². The molecule has 1 aliphatic heterocycles. The zero-order valence-corrected chi connectivity index (χ0v) is 23.3. The SMILES string of the molecule is Cc1cc(COc2ncc(F)cc2C(=O)NC2N=C(c3c(Cl)cc(Cl)cc3Cl)c3ccccc3NC2=O)n(C)n1. The molecule has 13 heteroatoms. The van der Waals surface area contributed by atoms with E-state index in [4.69, 9.17) is 39.5 Å². The van der Waals surface area contributed by atoms with E-state index in [1.807, 2.05) is 6.92 Å². The molecule has 1 aliphatic rings. The minimum Gasteiger partial charge on any atom is -0.471 e. The Kier molecular flexibility index (Phi) is 7.75. The van der Waals surface area contributed by atoms with Gasteiger partial charge in [0.2, 0.25) is 12.0 Å². The molecule has 0 radical (unpaired) electrons. The van der Waals surface area contributed by atoms with Crippen molar-refractivity contribution in [1.29, 1.82) is 0 Å². The molecule has 1 atom stereocenters. The Morgan fingerprint density at radius 2 is 1.88 bits per heavy atom. The Labute approximate surface area is 242 Å². The fourth-order valence-corrected chi connectivity index (χ4v) is 5.17. The lowest BCUT2D eigenvalue weighted by molar-refractivity contribution is -0.117. The summed E-state index contributed by atoms with van der Waals surface area (Å²) in [5.41, 5.74) is 2.76. The van der Waals surface area contributed by atoms with Crippen LogP contribution in [-0.4, -0.2) is 38.5 Å². The first-order valence-corrected chi connectivity index (χ1v) is 13.0. The molecule has 2 aromatic heterocycles. The van der Waals surface area contributed by atoms with Gasteiger partial charge in [0.05, 0.1) is 39.0 Å². The van der Waals surface area contributed by atoms with Crippen molar-refractivity contribution >= 4 is 58.0 Å². The number of pyridine rings is 1. The van der Waals surface area contributed by atoms with Crippen LogP contribution >= 0.6 is 34.8 Å². The maximum atomic E-state index is 14.2. The molecule has 2 amide bonds. The van der Waals surface area contributed by atoms with Crippen LogP contribution in [0.5, 0.6) is 5.88 Å². The number of aliphatic imine (C=N–C) groups is 1. The molecule has 2 aromatic carbocycles. The van der Waals surface area contributed by atoms with Gasteiger partial charge in [0.25, 0.3) is 11.8 Å². The number of benzodiazepines with no additional fused rings is 1. The highest BCUT2D eigenvalue weighted by atomic mass is 35.5. The molecule has 40 heavy (non-hydrogen) atoms. The van der Waals surface area contributed by atoms with Gasteiger partial charge >= 0.3 is 0 Å². The molecular formula is C27H20Cl3FN6O3. The van der Waals surface area contributed by atoms with Crippen molar-refractivity contribution < 1.29 is 18.7 Å². The minimum absolute atomic E-state index is 0.0192. The topological polar surface area (TPSA) is 111 Å². The van der Waals surface area contributed by atoms with E-state index in [-0.39, 0.29) is 33.8 Å². The second-order valence-electron chi connectivity index (χ2n) is 8.83. The molecule has 4 aromatic rings. The van der Waals surface area contributed by atoms with Crippen molar-refractivity contribution in [3.05, 3.63) is 104 Å². The van der Waals surface area contributed by atoms with Crippen molar-refractivity contribution in [3.63, 3.8) is 0 Å². The van der Waals surface area contributed by atoms with Gasteiger partial charge in [0.1, 0.15) is 18.0 Å². The van der Waals surface area contributed by atoms with Gasteiger partial charge in [-0.3, -0.25) is 14.3 Å². The zero-order valence-electron chi connectivity index (χ0n) is 21.0. The van der Waals surface area contributed by atoms with Gasteiger partial charge in [-0.2, -0.15) is 5.10 Å². The first-order valence-electron chi connectivity index (χ1n) is 11.8. The molecule has 0 saturated carbocycles. The van der Waals surface area contributed by atoms with Crippen LogP contribution in [0.4, 0.5) is 10.1 Å². The van der Waals surface area contributed by atoms with Gasteiger partial charge < -0.3 is 15.4 Å². The van der Waals surface area contributed by atoms with Crippen LogP contribution in [0.2, 0.25) is 15.1 Å². The van der Waals surface area contributed by atoms with E-state index in [1.165, 1.54) is 12.1 Å². The fraction of sp³-hybridized carbons (Fsp3) is 0.148. The van der Waals surface area contributed by atoms with Crippen molar-refractivity contribution in [2.24, 2.45) is 12.0 Å². The summed E-state index contributed by atoms with van der Waals surface area (Å²) in [6.45, 7) is 1.85. The van der Waals surface area contributed by atoms with Gasteiger partial charge in [0.15, 0.2) is 0 Å². The third-order valence-corrected chi connectivity index (χ3v) is 6.79. The molecule has 2 N–H and O–H groups in total. The molecule has 3 heterocycles. The number of aromatic nitrogens is 3. The van der Waals surface area contributed by atoms with E-state index in [0.29, 0.717) is 27.5 Å². The molecule has 0 aliphatic carbocycles. The monoisotopic (exact) mass is 600 g/mol. The number of amides is 2. The number of aryl methyl sites for hydroxylation is 2. The summed E-state index contributed by atoms with van der Waals surface area (Å²) in [5.74, 6) is -2.39. The number of nitrogens with zero attached hydrogens (tertiary/aromatic N) is 4. The number of halogens is 4. The van der Waals surface area contributed by atoms with Crippen LogP contribution in [0.15, 0.2) is 59.7 Å².